The molecule has 0 aliphatic rings. The van der Waals surface area contributed by atoms with E-state index in [9.17, 15) is 22.4 Å². The van der Waals surface area contributed by atoms with Crippen LogP contribution < -0.4 is 19.7 Å². The Morgan fingerprint density at radius 1 is 0.971 bits per heavy atom. The number of anilines is 2. The van der Waals surface area contributed by atoms with Crippen molar-refractivity contribution in [2.45, 2.75) is 24.8 Å². The molecule has 184 valence electrons. The largest absolute Gasteiger partial charge is 0.497 e. The first-order valence-corrected chi connectivity index (χ1v) is 12.2. The first-order valence-electron chi connectivity index (χ1n) is 10.7. The molecule has 0 aromatic heterocycles. The number of sulfonamides is 1. The molecule has 0 heterocycles. The zero-order valence-corrected chi connectivity index (χ0v) is 20.3. The van der Waals surface area contributed by atoms with E-state index in [0.717, 1.165) is 6.07 Å². The predicted molar refractivity (Wildman–Crippen MR) is 132 cm³/mol. The average Bonchev–Trinajstić information content (AvgIpc) is 2.83. The molecule has 2 N–H and O–H groups in total. The van der Waals surface area contributed by atoms with E-state index in [1.54, 1.807) is 26.0 Å². The van der Waals surface area contributed by atoms with Gasteiger partial charge in [0.2, 0.25) is 5.91 Å². The van der Waals surface area contributed by atoms with Crippen molar-refractivity contribution in [2.75, 3.05) is 23.3 Å². The van der Waals surface area contributed by atoms with Crippen molar-refractivity contribution < 1.29 is 27.1 Å². The first kappa shape index (κ1) is 25.7. The number of methoxy groups -OCH3 is 1. The van der Waals surface area contributed by atoms with Crippen LogP contribution in [0.2, 0.25) is 0 Å². The Hall–Kier alpha value is -3.92. The van der Waals surface area contributed by atoms with Crippen LogP contribution in [-0.2, 0) is 14.8 Å². The van der Waals surface area contributed by atoms with Gasteiger partial charge >= 0.3 is 0 Å². The number of para-hydroxylation sites is 2. The highest BCUT2D eigenvalue weighted by Gasteiger charge is 2.29. The fourth-order valence-electron chi connectivity index (χ4n) is 3.28. The minimum Gasteiger partial charge on any atom is -0.497 e. The number of nitrogens with one attached hydrogen (secondary N) is 2. The Balaban J connectivity index is 1.94. The van der Waals surface area contributed by atoms with Crippen LogP contribution in [0.15, 0.2) is 77.7 Å². The van der Waals surface area contributed by atoms with Gasteiger partial charge in [-0.1, -0.05) is 24.3 Å². The molecule has 8 nitrogen and oxygen atoms in total. The number of benzene rings is 3. The van der Waals surface area contributed by atoms with Crippen LogP contribution in [0.4, 0.5) is 15.8 Å². The molecule has 2 amide bonds. The number of halogens is 1. The standard InChI is InChI=1S/C25H26FN3O5S/c1-17(2)27-25(31)20-8-4-6-10-22(20)28-24(30)16-29(23-11-7-5-9-21(23)26)35(32,33)19-14-12-18(34-3)13-15-19/h4-15,17H,16H2,1-3H3,(H,27,31)(H,28,30). The van der Waals surface area contributed by atoms with Crippen molar-refractivity contribution >= 4 is 33.2 Å². The second-order valence-corrected chi connectivity index (χ2v) is 9.72. The minimum atomic E-state index is -4.33. The van der Waals surface area contributed by atoms with Crippen molar-refractivity contribution in [1.82, 2.24) is 5.32 Å². The van der Waals surface area contributed by atoms with E-state index in [1.807, 2.05) is 0 Å². The molecule has 0 spiro atoms. The van der Waals surface area contributed by atoms with Crippen molar-refractivity contribution in [1.29, 1.82) is 0 Å². The summed E-state index contributed by atoms with van der Waals surface area (Å²) in [6.07, 6.45) is 0. The second-order valence-electron chi connectivity index (χ2n) is 7.86. The van der Waals surface area contributed by atoms with Crippen molar-refractivity contribution in [3.8, 4) is 5.75 Å². The molecule has 0 atom stereocenters. The zero-order chi connectivity index (χ0) is 25.6. The van der Waals surface area contributed by atoms with Crippen molar-refractivity contribution in [3.63, 3.8) is 0 Å². The molecule has 3 aromatic rings. The van der Waals surface area contributed by atoms with Gasteiger partial charge in [0.15, 0.2) is 0 Å². The summed E-state index contributed by atoms with van der Waals surface area (Å²) >= 11 is 0. The van der Waals surface area contributed by atoms with Crippen LogP contribution in [0, 0.1) is 5.82 Å². The lowest BCUT2D eigenvalue weighted by Crippen LogP contribution is -2.39. The molecule has 0 saturated carbocycles. The Bertz CT molecular complexity index is 1310. The average molecular weight is 500 g/mol. The van der Waals surface area contributed by atoms with Crippen LogP contribution in [0.3, 0.4) is 0 Å². The molecule has 0 unspecified atom stereocenters. The van der Waals surface area contributed by atoms with E-state index in [4.69, 9.17) is 4.74 Å². The van der Waals surface area contributed by atoms with Crippen LogP contribution in [0.1, 0.15) is 24.2 Å². The van der Waals surface area contributed by atoms with Gasteiger partial charge in [0.1, 0.15) is 18.1 Å². The maximum Gasteiger partial charge on any atom is 0.264 e. The molecular weight excluding hydrogens is 473 g/mol. The molecule has 3 rings (SSSR count). The quantitative estimate of drug-likeness (QED) is 0.466. The molecule has 0 fully saturated rings. The summed E-state index contributed by atoms with van der Waals surface area (Å²) in [5.74, 6) is -1.52. The van der Waals surface area contributed by atoms with E-state index < -0.39 is 34.2 Å². The normalized spacial score (nSPS) is 11.1. The third-order valence-electron chi connectivity index (χ3n) is 4.92. The maximum absolute atomic E-state index is 14.7. The van der Waals surface area contributed by atoms with E-state index in [2.05, 4.69) is 10.6 Å². The Kier molecular flexibility index (Phi) is 8.08. The van der Waals surface area contributed by atoms with E-state index in [-0.39, 0.29) is 27.9 Å². The number of rotatable bonds is 9. The zero-order valence-electron chi connectivity index (χ0n) is 19.5. The van der Waals surface area contributed by atoms with Gasteiger partial charge in [0, 0.05) is 6.04 Å². The van der Waals surface area contributed by atoms with Gasteiger partial charge in [-0.3, -0.25) is 13.9 Å². The number of nitrogens with zero attached hydrogens (tertiary/aromatic N) is 1. The molecule has 10 heteroatoms. The lowest BCUT2D eigenvalue weighted by Gasteiger charge is -2.24. The SMILES string of the molecule is COc1ccc(S(=O)(=O)N(CC(=O)Nc2ccccc2C(=O)NC(C)C)c2ccccc2F)cc1. The smallest absolute Gasteiger partial charge is 0.264 e. The molecule has 0 saturated heterocycles. The van der Waals surface area contributed by atoms with Gasteiger partial charge in [-0.05, 0) is 62.4 Å². The molecule has 0 bridgehead atoms. The highest BCUT2D eigenvalue weighted by Crippen LogP contribution is 2.27. The van der Waals surface area contributed by atoms with E-state index >= 15 is 0 Å². The molecule has 0 aliphatic heterocycles. The third-order valence-corrected chi connectivity index (χ3v) is 6.70. The van der Waals surface area contributed by atoms with Crippen LogP contribution in [0.5, 0.6) is 5.75 Å². The molecular formula is C25H26FN3O5S. The highest BCUT2D eigenvalue weighted by molar-refractivity contribution is 7.92. The summed E-state index contributed by atoms with van der Waals surface area (Å²) in [6.45, 7) is 2.88. The molecule has 0 aliphatic carbocycles. The Morgan fingerprint density at radius 2 is 1.60 bits per heavy atom. The van der Waals surface area contributed by atoms with Crippen molar-refractivity contribution in [3.05, 3.63) is 84.2 Å². The monoisotopic (exact) mass is 499 g/mol. The lowest BCUT2D eigenvalue weighted by atomic mass is 10.1. The third kappa shape index (κ3) is 6.15. The van der Waals surface area contributed by atoms with Crippen LogP contribution >= 0.6 is 0 Å². The van der Waals surface area contributed by atoms with Gasteiger partial charge in [0.25, 0.3) is 15.9 Å². The fourth-order valence-corrected chi connectivity index (χ4v) is 4.71. The summed E-state index contributed by atoms with van der Waals surface area (Å²) < 4.78 is 47.3. The summed E-state index contributed by atoms with van der Waals surface area (Å²) in [4.78, 5) is 25.4. The van der Waals surface area contributed by atoms with Gasteiger partial charge < -0.3 is 15.4 Å². The number of ether oxygens (including phenoxy) is 1. The molecule has 3 aromatic carbocycles. The summed E-state index contributed by atoms with van der Waals surface area (Å²) in [7, 11) is -2.89. The van der Waals surface area contributed by atoms with Crippen LogP contribution in [0.25, 0.3) is 0 Å². The van der Waals surface area contributed by atoms with Gasteiger partial charge in [-0.25, -0.2) is 12.8 Å². The number of carbonyl (C=O) groups excluding carboxylic acids is 2. The van der Waals surface area contributed by atoms with Gasteiger partial charge in [-0.15, -0.1) is 0 Å². The van der Waals surface area contributed by atoms with Gasteiger partial charge in [0.05, 0.1) is 28.9 Å². The van der Waals surface area contributed by atoms with Crippen molar-refractivity contribution in [2.24, 2.45) is 0 Å². The predicted octanol–water partition coefficient (Wildman–Crippen LogP) is 3.81. The summed E-state index contributed by atoms with van der Waals surface area (Å²) in [6, 6.07) is 17.0. The fraction of sp³-hybridized carbons (Fsp3) is 0.200. The first-order chi connectivity index (χ1) is 16.6. The lowest BCUT2D eigenvalue weighted by molar-refractivity contribution is -0.114. The number of hydrogen-bond donors (Lipinski definition) is 2. The number of amides is 2. The Morgan fingerprint density at radius 3 is 2.23 bits per heavy atom. The summed E-state index contributed by atoms with van der Waals surface area (Å²) in [5.41, 5.74) is 0.125. The Labute approximate surface area is 203 Å². The second kappa shape index (κ2) is 11.0. The van der Waals surface area contributed by atoms with Gasteiger partial charge in [-0.2, -0.15) is 0 Å². The number of hydrogen-bond acceptors (Lipinski definition) is 5. The van der Waals surface area contributed by atoms with E-state index in [1.165, 1.54) is 61.7 Å². The minimum absolute atomic E-state index is 0.127. The molecule has 0 radical (unpaired) electrons. The summed E-state index contributed by atoms with van der Waals surface area (Å²) in [5, 5.41) is 5.32. The highest BCUT2D eigenvalue weighted by atomic mass is 32.2. The number of carbonyl (C=O) groups is 2. The molecule has 35 heavy (non-hydrogen) atoms. The van der Waals surface area contributed by atoms with E-state index in [0.29, 0.717) is 10.1 Å². The maximum atomic E-state index is 14.7. The van der Waals surface area contributed by atoms with Crippen LogP contribution in [-0.4, -0.2) is 39.9 Å². The topological polar surface area (TPSA) is 105 Å².